The number of carboxylic acid groups (broad SMARTS) is 1. The van der Waals surface area contributed by atoms with E-state index in [1.807, 2.05) is 0 Å². The molecule has 0 atom stereocenters. The van der Waals surface area contributed by atoms with Gasteiger partial charge in [0.1, 0.15) is 11.5 Å². The molecule has 0 saturated heterocycles. The lowest BCUT2D eigenvalue weighted by Gasteiger charge is -1.94. The van der Waals surface area contributed by atoms with Crippen LogP contribution in [0.1, 0.15) is 19.8 Å². The largest absolute Gasteiger partial charge is 0.512 e. The van der Waals surface area contributed by atoms with Gasteiger partial charge in [-0.3, -0.25) is 4.79 Å². The van der Waals surface area contributed by atoms with Crippen LogP contribution in [-0.2, 0) is 9.59 Å². The Morgan fingerprint density at radius 3 is 2.27 bits per heavy atom. The van der Waals surface area contributed by atoms with E-state index in [0.29, 0.717) is 12.5 Å². The summed E-state index contributed by atoms with van der Waals surface area (Å²) in [6.07, 6.45) is 0.730. The summed E-state index contributed by atoms with van der Waals surface area (Å²) in [7, 11) is 0. The Bertz CT molecular complexity index is 193. The normalized spacial score (nSPS) is 11.2. The lowest BCUT2D eigenvalue weighted by molar-refractivity contribution is -0.131. The molecule has 62 valence electrons. The van der Waals surface area contributed by atoms with Gasteiger partial charge < -0.3 is 10.2 Å². The topological polar surface area (TPSA) is 74.6 Å². The maximum Gasteiger partial charge on any atom is 0.331 e. The standard InChI is InChI=1S/C7H10O4/c1-2-5(8)3-6(9)4-7(10)11/h4,9H,2-3H2,1H3,(H,10,11). The van der Waals surface area contributed by atoms with E-state index in [2.05, 4.69) is 0 Å². The summed E-state index contributed by atoms with van der Waals surface area (Å²) in [4.78, 5) is 20.5. The Balaban J connectivity index is 3.96. The molecule has 0 radical (unpaired) electrons. The Morgan fingerprint density at radius 2 is 1.91 bits per heavy atom. The van der Waals surface area contributed by atoms with Gasteiger partial charge in [0.15, 0.2) is 0 Å². The van der Waals surface area contributed by atoms with E-state index in [1.165, 1.54) is 0 Å². The lowest BCUT2D eigenvalue weighted by Crippen LogP contribution is -1.99. The van der Waals surface area contributed by atoms with Crippen molar-refractivity contribution < 1.29 is 19.8 Å². The van der Waals surface area contributed by atoms with Crippen LogP contribution in [0.25, 0.3) is 0 Å². The third kappa shape index (κ3) is 5.14. The van der Waals surface area contributed by atoms with Gasteiger partial charge in [0.05, 0.1) is 12.5 Å². The number of carboxylic acids is 1. The van der Waals surface area contributed by atoms with Crippen molar-refractivity contribution in [2.24, 2.45) is 0 Å². The first kappa shape index (κ1) is 9.68. The van der Waals surface area contributed by atoms with E-state index >= 15 is 0 Å². The monoisotopic (exact) mass is 158 g/mol. The molecular weight excluding hydrogens is 148 g/mol. The number of hydrogen-bond donors (Lipinski definition) is 2. The van der Waals surface area contributed by atoms with Crippen molar-refractivity contribution in [3.8, 4) is 0 Å². The number of rotatable bonds is 4. The maximum absolute atomic E-state index is 10.6. The lowest BCUT2D eigenvalue weighted by atomic mass is 10.2. The molecule has 0 aliphatic heterocycles. The highest BCUT2D eigenvalue weighted by molar-refractivity contribution is 5.84. The van der Waals surface area contributed by atoms with Crippen molar-refractivity contribution in [1.82, 2.24) is 0 Å². The van der Waals surface area contributed by atoms with Crippen LogP contribution >= 0.6 is 0 Å². The van der Waals surface area contributed by atoms with Crippen LogP contribution in [0.15, 0.2) is 11.8 Å². The minimum Gasteiger partial charge on any atom is -0.512 e. The van der Waals surface area contributed by atoms with Crippen molar-refractivity contribution in [3.05, 3.63) is 11.8 Å². The van der Waals surface area contributed by atoms with Crippen LogP contribution in [0.2, 0.25) is 0 Å². The highest BCUT2D eigenvalue weighted by Gasteiger charge is 2.03. The van der Waals surface area contributed by atoms with Gasteiger partial charge in [-0.15, -0.1) is 0 Å². The molecule has 4 nitrogen and oxygen atoms in total. The first-order chi connectivity index (χ1) is 5.06. The fourth-order valence-electron chi connectivity index (χ4n) is 0.521. The zero-order valence-electron chi connectivity index (χ0n) is 6.20. The molecule has 0 fully saturated rings. The zero-order chi connectivity index (χ0) is 8.85. The fourth-order valence-corrected chi connectivity index (χ4v) is 0.521. The number of aliphatic hydroxyl groups is 1. The minimum atomic E-state index is -1.24. The van der Waals surface area contributed by atoms with Gasteiger partial charge in [0, 0.05) is 6.42 Å². The van der Waals surface area contributed by atoms with Crippen LogP contribution < -0.4 is 0 Å². The molecule has 0 amide bonds. The number of aliphatic hydroxyl groups excluding tert-OH is 1. The van der Waals surface area contributed by atoms with E-state index in [-0.39, 0.29) is 12.2 Å². The molecule has 0 aromatic carbocycles. The van der Waals surface area contributed by atoms with Crippen molar-refractivity contribution >= 4 is 11.8 Å². The summed E-state index contributed by atoms with van der Waals surface area (Å²) in [5.41, 5.74) is 0. The summed E-state index contributed by atoms with van der Waals surface area (Å²) in [6, 6.07) is 0. The van der Waals surface area contributed by atoms with Crippen LogP contribution in [0, 0.1) is 0 Å². The Morgan fingerprint density at radius 1 is 1.36 bits per heavy atom. The highest BCUT2D eigenvalue weighted by Crippen LogP contribution is 1.99. The molecular formula is C7H10O4. The molecule has 0 aromatic rings. The summed E-state index contributed by atoms with van der Waals surface area (Å²) in [5.74, 6) is -1.82. The van der Waals surface area contributed by atoms with Crippen LogP contribution in [0.5, 0.6) is 0 Å². The molecule has 0 heterocycles. The van der Waals surface area contributed by atoms with Crippen LogP contribution in [-0.4, -0.2) is 22.0 Å². The number of allylic oxidation sites excluding steroid dienone is 1. The smallest absolute Gasteiger partial charge is 0.331 e. The second kappa shape index (κ2) is 4.49. The van der Waals surface area contributed by atoms with Gasteiger partial charge in [-0.1, -0.05) is 6.92 Å². The Kier molecular flexibility index (Phi) is 3.95. The predicted octanol–water partition coefficient (Wildman–Crippen LogP) is 0.882. The molecule has 0 aromatic heterocycles. The molecule has 0 aliphatic rings. The third-order valence-electron chi connectivity index (χ3n) is 1.06. The van der Waals surface area contributed by atoms with Gasteiger partial charge in [-0.05, 0) is 0 Å². The number of ketones is 1. The zero-order valence-corrected chi connectivity index (χ0v) is 6.20. The Hall–Kier alpha value is -1.32. The van der Waals surface area contributed by atoms with E-state index in [9.17, 15) is 9.59 Å². The summed E-state index contributed by atoms with van der Waals surface area (Å²) < 4.78 is 0. The van der Waals surface area contributed by atoms with E-state index in [0.717, 1.165) is 0 Å². The molecule has 0 spiro atoms. The second-order valence-corrected chi connectivity index (χ2v) is 2.04. The molecule has 2 N–H and O–H groups in total. The quantitative estimate of drug-likeness (QED) is 0.470. The molecule has 0 aliphatic carbocycles. The van der Waals surface area contributed by atoms with Crippen LogP contribution in [0.3, 0.4) is 0 Å². The number of Topliss-reactive ketones (excluding diaryl/α,β-unsaturated/α-hetero) is 1. The highest BCUT2D eigenvalue weighted by atomic mass is 16.4. The number of hydrogen-bond acceptors (Lipinski definition) is 3. The molecule has 0 bridgehead atoms. The van der Waals surface area contributed by atoms with Crippen molar-refractivity contribution in [1.29, 1.82) is 0 Å². The number of carbonyl (C=O) groups is 2. The fraction of sp³-hybridized carbons (Fsp3) is 0.429. The minimum absolute atomic E-state index is 0.181. The molecule has 0 saturated carbocycles. The first-order valence-corrected chi connectivity index (χ1v) is 3.20. The summed E-state index contributed by atoms with van der Waals surface area (Å²) in [6.45, 7) is 1.65. The molecule has 0 rings (SSSR count). The average Bonchev–Trinajstić information content (AvgIpc) is 1.85. The van der Waals surface area contributed by atoms with Crippen molar-refractivity contribution in [3.63, 3.8) is 0 Å². The van der Waals surface area contributed by atoms with Crippen LogP contribution in [0.4, 0.5) is 0 Å². The van der Waals surface area contributed by atoms with Gasteiger partial charge in [-0.2, -0.15) is 0 Å². The van der Waals surface area contributed by atoms with E-state index < -0.39 is 11.7 Å². The molecule has 0 unspecified atom stereocenters. The van der Waals surface area contributed by atoms with Crippen molar-refractivity contribution in [2.75, 3.05) is 0 Å². The number of carbonyl (C=O) groups excluding carboxylic acids is 1. The van der Waals surface area contributed by atoms with E-state index in [4.69, 9.17) is 10.2 Å². The third-order valence-corrected chi connectivity index (χ3v) is 1.06. The molecule has 11 heavy (non-hydrogen) atoms. The summed E-state index contributed by atoms with van der Waals surface area (Å²) in [5, 5.41) is 16.9. The SMILES string of the molecule is CCC(=O)CC(O)=CC(=O)O. The van der Waals surface area contributed by atoms with Gasteiger partial charge >= 0.3 is 5.97 Å². The predicted molar refractivity (Wildman–Crippen MR) is 38.3 cm³/mol. The van der Waals surface area contributed by atoms with Crippen molar-refractivity contribution in [2.45, 2.75) is 19.8 Å². The summed E-state index contributed by atoms with van der Waals surface area (Å²) >= 11 is 0. The maximum atomic E-state index is 10.6. The van der Waals surface area contributed by atoms with E-state index in [1.54, 1.807) is 6.92 Å². The van der Waals surface area contributed by atoms with Gasteiger partial charge in [0.2, 0.25) is 0 Å². The first-order valence-electron chi connectivity index (χ1n) is 3.20. The molecule has 4 heteroatoms. The van der Waals surface area contributed by atoms with Gasteiger partial charge in [-0.25, -0.2) is 4.79 Å². The average molecular weight is 158 g/mol. The van der Waals surface area contributed by atoms with Gasteiger partial charge in [0.25, 0.3) is 0 Å². The Labute approximate surface area is 64.2 Å². The number of aliphatic carboxylic acids is 1. The second-order valence-electron chi connectivity index (χ2n) is 2.04.